The highest BCUT2D eigenvalue weighted by Gasteiger charge is 2.52. The minimum absolute atomic E-state index is 0.572. The summed E-state index contributed by atoms with van der Waals surface area (Å²) < 4.78 is 0. The van der Waals surface area contributed by atoms with Crippen molar-refractivity contribution in [3.63, 3.8) is 0 Å². The molecular weight excluding hydrogens is 196 g/mol. The number of piperazine rings is 1. The lowest BCUT2D eigenvalue weighted by molar-refractivity contribution is 0.0780. The summed E-state index contributed by atoms with van der Waals surface area (Å²) in [5.74, 6) is 0.765. The Hall–Kier alpha value is -0.0800. The van der Waals surface area contributed by atoms with Crippen LogP contribution >= 0.6 is 0 Å². The first-order chi connectivity index (χ1) is 7.45. The van der Waals surface area contributed by atoms with Crippen LogP contribution in [0.5, 0.6) is 0 Å². The van der Waals surface area contributed by atoms with Crippen molar-refractivity contribution in [2.45, 2.75) is 65.6 Å². The van der Waals surface area contributed by atoms with Crippen LogP contribution in [0, 0.1) is 11.3 Å². The average Bonchev–Trinajstić information content (AvgIpc) is 2.86. The third-order valence-corrected chi connectivity index (χ3v) is 4.60. The zero-order valence-corrected chi connectivity index (χ0v) is 11.6. The van der Waals surface area contributed by atoms with Gasteiger partial charge in [0.25, 0.3) is 0 Å². The van der Waals surface area contributed by atoms with E-state index in [9.17, 15) is 0 Å². The first-order valence-corrected chi connectivity index (χ1v) is 6.95. The summed E-state index contributed by atoms with van der Waals surface area (Å²) >= 11 is 0. The molecule has 1 N–H and O–H groups in total. The molecule has 0 aromatic rings. The summed E-state index contributed by atoms with van der Waals surface area (Å²) in [6, 6.07) is 2.30. The largest absolute Gasteiger partial charge is 0.311 e. The zero-order valence-electron chi connectivity index (χ0n) is 11.6. The van der Waals surface area contributed by atoms with Gasteiger partial charge in [0.1, 0.15) is 0 Å². The normalized spacial score (nSPS) is 39.0. The number of hydrogen-bond acceptors (Lipinski definition) is 2. The molecule has 2 heteroatoms. The fourth-order valence-corrected chi connectivity index (χ4v) is 3.12. The Bertz CT molecular complexity index is 247. The molecule has 2 rings (SSSR count). The predicted octanol–water partition coefficient (Wildman–Crippen LogP) is 2.49. The number of rotatable bonds is 3. The van der Waals surface area contributed by atoms with Gasteiger partial charge in [0.2, 0.25) is 0 Å². The van der Waals surface area contributed by atoms with Crippen LogP contribution in [0.2, 0.25) is 0 Å². The maximum Gasteiger partial charge on any atom is 0.0247 e. The van der Waals surface area contributed by atoms with Gasteiger partial charge in [0.15, 0.2) is 0 Å². The molecule has 1 heterocycles. The molecule has 3 atom stereocenters. The Kier molecular flexibility index (Phi) is 3.33. The predicted molar refractivity (Wildman–Crippen MR) is 69.6 cm³/mol. The molecule has 0 radical (unpaired) electrons. The van der Waals surface area contributed by atoms with Crippen molar-refractivity contribution in [2.75, 3.05) is 13.1 Å². The Balaban J connectivity index is 2.04. The Morgan fingerprint density at radius 3 is 2.44 bits per heavy atom. The quantitative estimate of drug-likeness (QED) is 0.792. The molecule has 3 unspecified atom stereocenters. The molecule has 94 valence electrons. The fraction of sp³-hybridized carbons (Fsp3) is 1.00. The number of hydrogen-bond donors (Lipinski definition) is 1. The van der Waals surface area contributed by atoms with Gasteiger partial charge in [0.05, 0.1) is 0 Å². The van der Waals surface area contributed by atoms with Gasteiger partial charge in [-0.1, -0.05) is 34.6 Å². The molecule has 1 saturated carbocycles. The van der Waals surface area contributed by atoms with E-state index in [0.717, 1.165) is 18.0 Å². The van der Waals surface area contributed by atoms with Gasteiger partial charge < -0.3 is 5.32 Å². The standard InChI is InChI=1S/C14H28N2/c1-6-11-9-16(13-7-14(13,4)5)12(8-15-11)10(2)3/h10-13,15H,6-9H2,1-5H3. The van der Waals surface area contributed by atoms with E-state index < -0.39 is 0 Å². The van der Waals surface area contributed by atoms with E-state index in [4.69, 9.17) is 0 Å². The second-order valence-electron chi connectivity index (χ2n) is 6.73. The van der Waals surface area contributed by atoms with Crippen LogP contribution in [0.3, 0.4) is 0 Å². The van der Waals surface area contributed by atoms with E-state index in [2.05, 4.69) is 44.8 Å². The lowest BCUT2D eigenvalue weighted by Crippen LogP contribution is -2.59. The topological polar surface area (TPSA) is 15.3 Å². The lowest BCUT2D eigenvalue weighted by Gasteiger charge is -2.43. The first kappa shape index (κ1) is 12.4. The second-order valence-corrected chi connectivity index (χ2v) is 6.73. The van der Waals surface area contributed by atoms with Crippen molar-refractivity contribution >= 4 is 0 Å². The van der Waals surface area contributed by atoms with Crippen LogP contribution in [0.25, 0.3) is 0 Å². The number of nitrogens with zero attached hydrogens (tertiary/aromatic N) is 1. The zero-order chi connectivity index (χ0) is 11.9. The summed E-state index contributed by atoms with van der Waals surface area (Å²) in [4.78, 5) is 2.80. The molecular formula is C14H28N2. The molecule has 1 aliphatic carbocycles. The Morgan fingerprint density at radius 1 is 1.38 bits per heavy atom. The van der Waals surface area contributed by atoms with Crippen molar-refractivity contribution in [2.24, 2.45) is 11.3 Å². The monoisotopic (exact) mass is 224 g/mol. The van der Waals surface area contributed by atoms with Crippen LogP contribution in [-0.2, 0) is 0 Å². The molecule has 0 bridgehead atoms. The SMILES string of the molecule is CCC1CN(C2CC2(C)C)C(C(C)C)CN1. The molecule has 1 aliphatic heterocycles. The summed E-state index contributed by atoms with van der Waals surface area (Å²) in [5.41, 5.74) is 0.572. The van der Waals surface area contributed by atoms with Crippen LogP contribution < -0.4 is 5.32 Å². The van der Waals surface area contributed by atoms with Crippen molar-refractivity contribution in [3.8, 4) is 0 Å². The maximum atomic E-state index is 3.70. The van der Waals surface area contributed by atoms with Gasteiger partial charge in [-0.3, -0.25) is 4.90 Å². The molecule has 2 aliphatic rings. The number of nitrogens with one attached hydrogen (secondary N) is 1. The summed E-state index contributed by atoms with van der Waals surface area (Å²) in [6.07, 6.45) is 2.65. The van der Waals surface area contributed by atoms with Gasteiger partial charge >= 0.3 is 0 Å². The van der Waals surface area contributed by atoms with Gasteiger partial charge in [-0.05, 0) is 24.2 Å². The van der Waals surface area contributed by atoms with Crippen molar-refractivity contribution in [3.05, 3.63) is 0 Å². The molecule has 2 nitrogen and oxygen atoms in total. The first-order valence-electron chi connectivity index (χ1n) is 6.95. The molecule has 2 fully saturated rings. The highest BCUT2D eigenvalue weighted by atomic mass is 15.3. The van der Waals surface area contributed by atoms with Crippen LogP contribution in [0.1, 0.15) is 47.5 Å². The van der Waals surface area contributed by atoms with Crippen LogP contribution in [0.15, 0.2) is 0 Å². The van der Waals surface area contributed by atoms with Gasteiger partial charge in [-0.25, -0.2) is 0 Å². The summed E-state index contributed by atoms with van der Waals surface area (Å²) in [6.45, 7) is 14.3. The Morgan fingerprint density at radius 2 is 2.00 bits per heavy atom. The summed E-state index contributed by atoms with van der Waals surface area (Å²) in [5, 5.41) is 3.70. The lowest BCUT2D eigenvalue weighted by atomic mass is 9.96. The summed E-state index contributed by atoms with van der Waals surface area (Å²) in [7, 11) is 0. The second kappa shape index (κ2) is 4.30. The van der Waals surface area contributed by atoms with Crippen molar-refractivity contribution in [1.29, 1.82) is 0 Å². The van der Waals surface area contributed by atoms with Crippen molar-refractivity contribution in [1.82, 2.24) is 10.2 Å². The third kappa shape index (κ3) is 2.28. The third-order valence-electron chi connectivity index (χ3n) is 4.60. The highest BCUT2D eigenvalue weighted by molar-refractivity contribution is 5.06. The van der Waals surface area contributed by atoms with E-state index in [1.165, 1.54) is 25.9 Å². The molecule has 0 spiro atoms. The van der Waals surface area contributed by atoms with Gasteiger partial charge in [-0.15, -0.1) is 0 Å². The average molecular weight is 224 g/mol. The van der Waals surface area contributed by atoms with E-state index in [0.29, 0.717) is 11.5 Å². The van der Waals surface area contributed by atoms with E-state index in [1.54, 1.807) is 0 Å². The van der Waals surface area contributed by atoms with E-state index in [1.807, 2.05) is 0 Å². The highest BCUT2D eigenvalue weighted by Crippen LogP contribution is 2.50. The fourth-order valence-electron chi connectivity index (χ4n) is 3.12. The van der Waals surface area contributed by atoms with E-state index in [-0.39, 0.29) is 0 Å². The molecule has 1 saturated heterocycles. The van der Waals surface area contributed by atoms with Crippen LogP contribution in [-0.4, -0.2) is 36.1 Å². The molecule has 0 aromatic carbocycles. The minimum atomic E-state index is 0.572. The van der Waals surface area contributed by atoms with Crippen LogP contribution in [0.4, 0.5) is 0 Å². The maximum absolute atomic E-state index is 3.70. The molecule has 0 amide bonds. The van der Waals surface area contributed by atoms with E-state index >= 15 is 0 Å². The molecule has 16 heavy (non-hydrogen) atoms. The minimum Gasteiger partial charge on any atom is -0.311 e. The molecule has 0 aromatic heterocycles. The van der Waals surface area contributed by atoms with Crippen molar-refractivity contribution < 1.29 is 0 Å². The Labute approximate surface area is 101 Å². The van der Waals surface area contributed by atoms with Gasteiger partial charge in [-0.2, -0.15) is 0 Å². The smallest absolute Gasteiger partial charge is 0.0247 e. The van der Waals surface area contributed by atoms with Gasteiger partial charge in [0, 0.05) is 31.2 Å².